The minimum atomic E-state index is -1.09. The lowest BCUT2D eigenvalue weighted by Crippen LogP contribution is -2.48. The van der Waals surface area contributed by atoms with Crippen molar-refractivity contribution in [2.45, 2.75) is 26.8 Å². The van der Waals surface area contributed by atoms with Crippen LogP contribution in [0.5, 0.6) is 0 Å². The summed E-state index contributed by atoms with van der Waals surface area (Å²) in [6.07, 6.45) is 0. The van der Waals surface area contributed by atoms with Gasteiger partial charge in [0.2, 0.25) is 5.91 Å². The van der Waals surface area contributed by atoms with Crippen LogP contribution in [0.25, 0.3) is 0 Å². The molecule has 3 N–H and O–H groups in total. The number of rotatable bonds is 6. The molecular weight excluding hydrogens is 272 g/mol. The van der Waals surface area contributed by atoms with Crippen molar-refractivity contribution in [2.24, 2.45) is 5.92 Å². The quantitative estimate of drug-likeness (QED) is 0.727. The highest BCUT2D eigenvalue weighted by Crippen LogP contribution is 2.04. The molecule has 0 aromatic heterocycles. The number of carbonyl (C=O) groups excluding carboxylic acids is 2. The molecule has 0 fully saturated rings. The smallest absolute Gasteiger partial charge is 0.326 e. The number of carboxylic acids is 1. The fraction of sp³-hybridized carbons (Fsp3) is 0.400. The predicted molar refractivity (Wildman–Crippen MR) is 77.9 cm³/mol. The van der Waals surface area contributed by atoms with E-state index in [9.17, 15) is 14.4 Å². The van der Waals surface area contributed by atoms with Crippen LogP contribution >= 0.6 is 0 Å². The van der Waals surface area contributed by atoms with Crippen LogP contribution in [0.15, 0.2) is 24.3 Å². The van der Waals surface area contributed by atoms with Crippen LogP contribution in [0.1, 0.15) is 29.8 Å². The molecule has 114 valence electrons. The van der Waals surface area contributed by atoms with Gasteiger partial charge in [-0.05, 0) is 25.0 Å². The fourth-order valence-electron chi connectivity index (χ4n) is 1.79. The molecule has 6 nitrogen and oxygen atoms in total. The van der Waals surface area contributed by atoms with Crippen molar-refractivity contribution in [3.63, 3.8) is 0 Å². The zero-order valence-electron chi connectivity index (χ0n) is 12.3. The first-order chi connectivity index (χ1) is 9.81. The first kappa shape index (κ1) is 16.7. The van der Waals surface area contributed by atoms with Gasteiger partial charge in [-0.2, -0.15) is 0 Å². The largest absolute Gasteiger partial charge is 0.480 e. The highest BCUT2D eigenvalue weighted by Gasteiger charge is 2.23. The molecule has 0 saturated carbocycles. The summed E-state index contributed by atoms with van der Waals surface area (Å²) in [4.78, 5) is 34.5. The molecule has 1 aromatic rings. The first-order valence-electron chi connectivity index (χ1n) is 6.68. The van der Waals surface area contributed by atoms with Gasteiger partial charge in [0.15, 0.2) is 0 Å². The van der Waals surface area contributed by atoms with E-state index in [0.29, 0.717) is 5.56 Å². The number of hydrogen-bond donors (Lipinski definition) is 3. The third-order valence-electron chi connectivity index (χ3n) is 2.94. The van der Waals surface area contributed by atoms with Crippen LogP contribution in [0, 0.1) is 12.8 Å². The van der Waals surface area contributed by atoms with Gasteiger partial charge in [-0.15, -0.1) is 0 Å². The lowest BCUT2D eigenvalue weighted by atomic mass is 10.0. The Morgan fingerprint density at radius 2 is 1.90 bits per heavy atom. The van der Waals surface area contributed by atoms with Crippen LogP contribution in [-0.2, 0) is 9.59 Å². The number of aryl methyl sites for hydroxylation is 1. The number of carbonyl (C=O) groups is 3. The van der Waals surface area contributed by atoms with Crippen molar-refractivity contribution < 1.29 is 19.5 Å². The molecular formula is C15H20N2O4. The zero-order valence-corrected chi connectivity index (χ0v) is 12.3. The normalized spacial score (nSPS) is 11.8. The SMILES string of the molecule is Cc1cccc(C(=O)NCC(=O)N[C@H](C(=O)O)C(C)C)c1. The number of carboxylic acid groups (broad SMARTS) is 1. The van der Waals surface area contributed by atoms with Gasteiger partial charge in [0.1, 0.15) is 6.04 Å². The summed E-state index contributed by atoms with van der Waals surface area (Å²) < 4.78 is 0. The Balaban J connectivity index is 2.53. The molecule has 1 aromatic carbocycles. The average molecular weight is 292 g/mol. The summed E-state index contributed by atoms with van der Waals surface area (Å²) in [6, 6.07) is 6.01. The second-order valence-corrected chi connectivity index (χ2v) is 5.18. The molecule has 1 rings (SSSR count). The van der Waals surface area contributed by atoms with Gasteiger partial charge in [-0.25, -0.2) is 4.79 Å². The molecule has 0 bridgehead atoms. The van der Waals surface area contributed by atoms with Gasteiger partial charge in [-0.1, -0.05) is 31.5 Å². The molecule has 0 spiro atoms. The molecule has 0 unspecified atom stereocenters. The summed E-state index contributed by atoms with van der Waals surface area (Å²) in [5.41, 5.74) is 1.40. The van der Waals surface area contributed by atoms with Crippen molar-refractivity contribution in [3.8, 4) is 0 Å². The molecule has 0 saturated heterocycles. The van der Waals surface area contributed by atoms with Crippen molar-refractivity contribution in [3.05, 3.63) is 35.4 Å². The maximum absolute atomic E-state index is 11.8. The Morgan fingerprint density at radius 3 is 2.43 bits per heavy atom. The van der Waals surface area contributed by atoms with Gasteiger partial charge < -0.3 is 15.7 Å². The third kappa shape index (κ3) is 5.25. The maximum Gasteiger partial charge on any atom is 0.326 e. The molecule has 0 radical (unpaired) electrons. The van der Waals surface area contributed by atoms with Crippen LogP contribution in [0.4, 0.5) is 0 Å². The van der Waals surface area contributed by atoms with E-state index in [2.05, 4.69) is 10.6 Å². The van der Waals surface area contributed by atoms with Crippen LogP contribution in [-0.4, -0.2) is 35.5 Å². The van der Waals surface area contributed by atoms with Crippen LogP contribution in [0.3, 0.4) is 0 Å². The Bertz CT molecular complexity index is 540. The van der Waals surface area contributed by atoms with Crippen molar-refractivity contribution in [1.29, 1.82) is 0 Å². The highest BCUT2D eigenvalue weighted by atomic mass is 16.4. The molecule has 6 heteroatoms. The Hall–Kier alpha value is -2.37. The number of hydrogen-bond acceptors (Lipinski definition) is 3. The molecule has 0 heterocycles. The second-order valence-electron chi connectivity index (χ2n) is 5.18. The summed E-state index contributed by atoms with van der Waals surface area (Å²) >= 11 is 0. The number of nitrogens with one attached hydrogen (secondary N) is 2. The maximum atomic E-state index is 11.8. The molecule has 1 atom stereocenters. The van der Waals surface area contributed by atoms with Crippen LogP contribution < -0.4 is 10.6 Å². The van der Waals surface area contributed by atoms with Gasteiger partial charge >= 0.3 is 5.97 Å². The molecule has 21 heavy (non-hydrogen) atoms. The average Bonchev–Trinajstić information content (AvgIpc) is 2.41. The first-order valence-corrected chi connectivity index (χ1v) is 6.68. The van der Waals surface area contributed by atoms with E-state index < -0.39 is 17.9 Å². The van der Waals surface area contributed by atoms with E-state index in [0.717, 1.165) is 5.56 Å². The van der Waals surface area contributed by atoms with E-state index in [1.54, 1.807) is 32.0 Å². The molecule has 0 aliphatic rings. The summed E-state index contributed by atoms with van der Waals surface area (Å²) in [7, 11) is 0. The number of amides is 2. The van der Waals surface area contributed by atoms with E-state index >= 15 is 0 Å². The van der Waals surface area contributed by atoms with E-state index in [1.165, 1.54) is 0 Å². The topological polar surface area (TPSA) is 95.5 Å². The third-order valence-corrected chi connectivity index (χ3v) is 2.94. The lowest BCUT2D eigenvalue weighted by molar-refractivity contribution is -0.142. The number of aliphatic carboxylic acids is 1. The zero-order chi connectivity index (χ0) is 16.0. The summed E-state index contributed by atoms with van der Waals surface area (Å²) in [5, 5.41) is 13.8. The van der Waals surface area contributed by atoms with E-state index in [-0.39, 0.29) is 18.4 Å². The standard InChI is InChI=1S/C15H20N2O4/c1-9(2)13(15(20)21)17-12(18)8-16-14(19)11-6-4-5-10(3)7-11/h4-7,9,13H,8H2,1-3H3,(H,16,19)(H,17,18)(H,20,21)/t13-/m0/s1. The second kappa shape index (κ2) is 7.42. The van der Waals surface area contributed by atoms with Crippen LogP contribution in [0.2, 0.25) is 0 Å². The Kier molecular flexibility index (Phi) is 5.90. The molecule has 0 aliphatic carbocycles. The van der Waals surface area contributed by atoms with Gasteiger partial charge in [0.05, 0.1) is 6.54 Å². The highest BCUT2D eigenvalue weighted by molar-refractivity contribution is 5.97. The molecule has 0 aliphatic heterocycles. The van der Waals surface area contributed by atoms with Gasteiger partial charge in [0, 0.05) is 5.56 Å². The van der Waals surface area contributed by atoms with Crippen molar-refractivity contribution in [1.82, 2.24) is 10.6 Å². The van der Waals surface area contributed by atoms with Gasteiger partial charge in [0.25, 0.3) is 5.91 Å². The Labute approximate surface area is 123 Å². The minimum absolute atomic E-state index is 0.237. The lowest BCUT2D eigenvalue weighted by Gasteiger charge is -2.18. The predicted octanol–water partition coefficient (Wildman–Crippen LogP) is 0.950. The molecule has 2 amide bonds. The van der Waals surface area contributed by atoms with Crippen molar-refractivity contribution in [2.75, 3.05) is 6.54 Å². The van der Waals surface area contributed by atoms with E-state index in [1.807, 2.05) is 13.0 Å². The Morgan fingerprint density at radius 1 is 1.24 bits per heavy atom. The monoisotopic (exact) mass is 292 g/mol. The van der Waals surface area contributed by atoms with Gasteiger partial charge in [-0.3, -0.25) is 9.59 Å². The number of benzene rings is 1. The fourth-order valence-corrected chi connectivity index (χ4v) is 1.79. The minimum Gasteiger partial charge on any atom is -0.480 e. The summed E-state index contributed by atoms with van der Waals surface area (Å²) in [6.45, 7) is 5.00. The summed E-state index contributed by atoms with van der Waals surface area (Å²) in [5.74, 6) is -2.23. The van der Waals surface area contributed by atoms with E-state index in [4.69, 9.17) is 5.11 Å². The van der Waals surface area contributed by atoms with Crippen molar-refractivity contribution >= 4 is 17.8 Å².